The van der Waals surface area contributed by atoms with Crippen molar-refractivity contribution in [2.75, 3.05) is 0 Å². The lowest BCUT2D eigenvalue weighted by Crippen LogP contribution is -2.17. The van der Waals surface area contributed by atoms with Gasteiger partial charge < -0.3 is 5.11 Å². The molecular weight excluding hydrogens is 304 g/mol. The first kappa shape index (κ1) is 10.7. The average Bonchev–Trinajstić information content (AvgIpc) is 2.31. The molecule has 1 rings (SSSR count). The second-order valence-corrected chi connectivity index (χ2v) is 4.19. The molecule has 13 heavy (non-hydrogen) atoms. The van der Waals surface area contributed by atoms with Crippen molar-refractivity contribution >= 4 is 37.8 Å². The van der Waals surface area contributed by atoms with Crippen LogP contribution < -0.4 is 0 Å². The van der Waals surface area contributed by atoms with Crippen molar-refractivity contribution in [1.82, 2.24) is 9.78 Å². The normalized spacial score (nSPS) is 12.9. The second-order valence-electron chi connectivity index (χ2n) is 2.65. The van der Waals surface area contributed by atoms with Crippen LogP contribution in [-0.4, -0.2) is 20.9 Å². The quantitative estimate of drug-likeness (QED) is 0.912. The molecule has 0 saturated heterocycles. The smallest absolute Gasteiger partial charge is 0.328 e. The van der Waals surface area contributed by atoms with Gasteiger partial charge in [-0.15, -0.1) is 0 Å². The first-order chi connectivity index (χ1) is 5.95. The van der Waals surface area contributed by atoms with Crippen LogP contribution in [0.15, 0.2) is 9.08 Å². The van der Waals surface area contributed by atoms with Crippen LogP contribution in [-0.2, 0) is 4.79 Å². The van der Waals surface area contributed by atoms with Crippen LogP contribution in [0, 0.1) is 6.92 Å². The molecule has 0 spiro atoms. The Morgan fingerprint density at radius 2 is 2.15 bits per heavy atom. The predicted octanol–water partition coefficient (Wildman–Crippen LogP) is 2.36. The van der Waals surface area contributed by atoms with E-state index in [-0.39, 0.29) is 0 Å². The molecule has 0 amide bonds. The number of carboxylic acids is 1. The summed E-state index contributed by atoms with van der Waals surface area (Å²) in [5, 5.41) is 12.8. The number of hydrogen-bond acceptors (Lipinski definition) is 2. The monoisotopic (exact) mass is 310 g/mol. The van der Waals surface area contributed by atoms with Gasteiger partial charge in [0.25, 0.3) is 0 Å². The lowest BCUT2D eigenvalue weighted by Gasteiger charge is -2.08. The van der Waals surface area contributed by atoms with Gasteiger partial charge in [0.15, 0.2) is 0 Å². The molecule has 4 nitrogen and oxygen atoms in total. The topological polar surface area (TPSA) is 55.1 Å². The zero-order chi connectivity index (χ0) is 10.2. The summed E-state index contributed by atoms with van der Waals surface area (Å²) in [7, 11) is 0. The Labute approximate surface area is 92.2 Å². The summed E-state index contributed by atoms with van der Waals surface area (Å²) in [5.41, 5.74) is 0.793. The van der Waals surface area contributed by atoms with Crippen LogP contribution in [0.5, 0.6) is 0 Å². The molecule has 1 atom stereocenters. The van der Waals surface area contributed by atoms with Gasteiger partial charge in [0, 0.05) is 0 Å². The van der Waals surface area contributed by atoms with E-state index in [1.807, 2.05) is 0 Å². The van der Waals surface area contributed by atoms with Crippen LogP contribution in [0.25, 0.3) is 0 Å². The third-order valence-corrected chi connectivity index (χ3v) is 3.80. The number of carboxylic acid groups (broad SMARTS) is 1. The van der Waals surface area contributed by atoms with Gasteiger partial charge in [0.2, 0.25) is 0 Å². The fraction of sp³-hybridized carbons (Fsp3) is 0.429. The van der Waals surface area contributed by atoms with E-state index in [1.54, 1.807) is 13.8 Å². The van der Waals surface area contributed by atoms with E-state index in [0.717, 1.165) is 10.2 Å². The van der Waals surface area contributed by atoms with Crippen molar-refractivity contribution in [2.45, 2.75) is 19.9 Å². The fourth-order valence-corrected chi connectivity index (χ4v) is 1.66. The van der Waals surface area contributed by atoms with Crippen molar-refractivity contribution in [3.8, 4) is 0 Å². The predicted molar refractivity (Wildman–Crippen MR) is 54.7 cm³/mol. The van der Waals surface area contributed by atoms with E-state index in [2.05, 4.69) is 37.0 Å². The molecule has 0 aliphatic heterocycles. The summed E-state index contributed by atoms with van der Waals surface area (Å²) in [4.78, 5) is 10.7. The molecule has 6 heteroatoms. The Bertz CT molecular complexity index is 349. The minimum absolute atomic E-state index is 0.623. The second kappa shape index (κ2) is 3.79. The molecule has 0 aromatic carbocycles. The molecule has 1 heterocycles. The molecule has 0 saturated carbocycles. The van der Waals surface area contributed by atoms with Gasteiger partial charge in [0.1, 0.15) is 10.6 Å². The number of nitrogens with zero attached hydrogens (tertiary/aromatic N) is 2. The standard InChI is InChI=1S/C7H8Br2N2O2/c1-3-5(8)6(9)10-11(3)4(2)7(12)13/h4H,1-2H3,(H,12,13). The molecule has 1 aromatic rings. The molecule has 1 N–H and O–H groups in total. The number of aliphatic carboxylic acids is 1. The number of hydrogen-bond donors (Lipinski definition) is 1. The van der Waals surface area contributed by atoms with Gasteiger partial charge in [-0.3, -0.25) is 4.68 Å². The minimum atomic E-state index is -0.898. The summed E-state index contributed by atoms with van der Waals surface area (Å²) in [5.74, 6) is -0.898. The van der Waals surface area contributed by atoms with Crippen molar-refractivity contribution in [2.24, 2.45) is 0 Å². The lowest BCUT2D eigenvalue weighted by molar-refractivity contribution is -0.140. The molecule has 0 aliphatic rings. The van der Waals surface area contributed by atoms with Crippen molar-refractivity contribution in [3.05, 3.63) is 14.8 Å². The third-order valence-electron chi connectivity index (χ3n) is 1.76. The Kier molecular flexibility index (Phi) is 3.13. The highest BCUT2D eigenvalue weighted by atomic mass is 79.9. The first-order valence-corrected chi connectivity index (χ1v) is 5.16. The first-order valence-electron chi connectivity index (χ1n) is 3.58. The molecule has 0 aliphatic carbocycles. The van der Waals surface area contributed by atoms with E-state index >= 15 is 0 Å². The van der Waals surface area contributed by atoms with Crippen LogP contribution in [0.3, 0.4) is 0 Å². The number of aromatic nitrogens is 2. The van der Waals surface area contributed by atoms with E-state index in [9.17, 15) is 4.79 Å². The van der Waals surface area contributed by atoms with Gasteiger partial charge in [-0.1, -0.05) is 0 Å². The maximum Gasteiger partial charge on any atom is 0.328 e. The summed E-state index contributed by atoms with van der Waals surface area (Å²) >= 11 is 6.51. The van der Waals surface area contributed by atoms with Crippen molar-refractivity contribution < 1.29 is 9.90 Å². The van der Waals surface area contributed by atoms with Gasteiger partial charge in [0.05, 0.1) is 10.2 Å². The van der Waals surface area contributed by atoms with Crippen molar-refractivity contribution in [3.63, 3.8) is 0 Å². The number of carbonyl (C=O) groups is 1. The van der Waals surface area contributed by atoms with Crippen LogP contribution in [0.4, 0.5) is 0 Å². The minimum Gasteiger partial charge on any atom is -0.480 e. The summed E-state index contributed by atoms with van der Waals surface area (Å²) in [6.07, 6.45) is 0. The largest absolute Gasteiger partial charge is 0.480 e. The number of rotatable bonds is 2. The number of halogens is 2. The summed E-state index contributed by atoms with van der Waals surface area (Å²) in [6, 6.07) is -0.650. The zero-order valence-electron chi connectivity index (χ0n) is 7.08. The molecular formula is C7H8Br2N2O2. The molecule has 1 aromatic heterocycles. The highest BCUT2D eigenvalue weighted by molar-refractivity contribution is 9.13. The Morgan fingerprint density at radius 3 is 2.46 bits per heavy atom. The van der Waals surface area contributed by atoms with Crippen molar-refractivity contribution in [1.29, 1.82) is 0 Å². The SMILES string of the molecule is Cc1c(Br)c(Br)nn1C(C)C(=O)O. The molecule has 0 radical (unpaired) electrons. The van der Waals surface area contributed by atoms with Crippen LogP contribution in [0.1, 0.15) is 18.7 Å². The molecule has 72 valence electrons. The van der Waals surface area contributed by atoms with Gasteiger partial charge in [-0.25, -0.2) is 4.79 Å². The highest BCUT2D eigenvalue weighted by Crippen LogP contribution is 2.27. The fourth-order valence-electron chi connectivity index (χ4n) is 0.945. The van der Waals surface area contributed by atoms with Crippen LogP contribution >= 0.6 is 31.9 Å². The van der Waals surface area contributed by atoms with Gasteiger partial charge >= 0.3 is 5.97 Å². The van der Waals surface area contributed by atoms with E-state index in [0.29, 0.717) is 4.60 Å². The van der Waals surface area contributed by atoms with Crippen LogP contribution in [0.2, 0.25) is 0 Å². The highest BCUT2D eigenvalue weighted by Gasteiger charge is 2.19. The van der Waals surface area contributed by atoms with E-state index in [4.69, 9.17) is 5.11 Å². The summed E-state index contributed by atoms with van der Waals surface area (Å²) in [6.45, 7) is 3.39. The average molecular weight is 312 g/mol. The summed E-state index contributed by atoms with van der Waals surface area (Å²) < 4.78 is 2.87. The molecule has 0 bridgehead atoms. The maximum absolute atomic E-state index is 10.7. The Balaban J connectivity index is 3.15. The van der Waals surface area contributed by atoms with E-state index in [1.165, 1.54) is 4.68 Å². The molecule has 0 fully saturated rings. The zero-order valence-corrected chi connectivity index (χ0v) is 10.3. The lowest BCUT2D eigenvalue weighted by atomic mass is 10.3. The third kappa shape index (κ3) is 1.94. The maximum atomic E-state index is 10.7. The molecule has 1 unspecified atom stereocenters. The Morgan fingerprint density at radius 1 is 1.62 bits per heavy atom. The van der Waals surface area contributed by atoms with E-state index < -0.39 is 12.0 Å². The van der Waals surface area contributed by atoms with Gasteiger partial charge in [-0.05, 0) is 45.7 Å². The Hall–Kier alpha value is -0.360. The van der Waals surface area contributed by atoms with Gasteiger partial charge in [-0.2, -0.15) is 5.10 Å².